The number of hydrogen-bond donors (Lipinski definition) is 1. The highest BCUT2D eigenvalue weighted by molar-refractivity contribution is 7.99. The Morgan fingerprint density at radius 2 is 2.21 bits per heavy atom. The van der Waals surface area contributed by atoms with E-state index in [1.807, 2.05) is 42.1 Å². The topological polar surface area (TPSA) is 90.5 Å². The number of rotatable bonds is 7. The Morgan fingerprint density at radius 3 is 3.03 bits per heavy atom. The third kappa shape index (κ3) is 4.19. The lowest BCUT2D eigenvalue weighted by Crippen LogP contribution is -2.16. The summed E-state index contributed by atoms with van der Waals surface area (Å²) in [7, 11) is 3.55. The van der Waals surface area contributed by atoms with E-state index in [-0.39, 0.29) is 17.2 Å². The van der Waals surface area contributed by atoms with Crippen molar-refractivity contribution in [2.75, 3.05) is 18.2 Å². The maximum absolute atomic E-state index is 12.4. The van der Waals surface area contributed by atoms with Gasteiger partial charge in [0.15, 0.2) is 0 Å². The molecule has 0 unspecified atom stereocenters. The highest BCUT2D eigenvalue weighted by Gasteiger charge is 2.11. The van der Waals surface area contributed by atoms with E-state index in [1.165, 1.54) is 33.7 Å². The molecule has 4 rings (SSSR count). The zero-order chi connectivity index (χ0) is 20.4. The molecular formula is C19H19N5O3S2. The quantitative estimate of drug-likeness (QED) is 0.486. The summed E-state index contributed by atoms with van der Waals surface area (Å²) in [5, 5.41) is 8.85. The summed E-state index contributed by atoms with van der Waals surface area (Å²) < 4.78 is 8.34. The molecule has 1 N–H and O–H groups in total. The Kier molecular flexibility index (Phi) is 5.65. The lowest BCUT2D eigenvalue weighted by atomic mass is 10.2. The molecule has 1 aromatic carbocycles. The molecule has 0 aliphatic rings. The molecule has 0 saturated carbocycles. The minimum atomic E-state index is -0.232. The molecule has 3 aromatic heterocycles. The lowest BCUT2D eigenvalue weighted by Gasteiger charge is -2.07. The molecule has 0 bridgehead atoms. The fraction of sp³-hybridized carbons (Fsp3) is 0.263. The predicted octanol–water partition coefficient (Wildman–Crippen LogP) is 2.66. The number of ether oxygens (including phenoxy) is 1. The van der Waals surface area contributed by atoms with E-state index in [2.05, 4.69) is 15.4 Å². The standard InChI is InChI=1S/C19H19N5O3S2/c1-23-7-6-13-14(4-3-5-15(13)23)21-16(25)11-28-10-12-8-18(26)24-19(20-12)29-17(22-24)9-27-2/h3-8H,9-11H2,1-2H3,(H,21,25). The Hall–Kier alpha value is -2.69. The third-order valence-corrected chi connectivity index (χ3v) is 6.14. The molecular weight excluding hydrogens is 410 g/mol. The number of aryl methyl sites for hydroxylation is 1. The number of amides is 1. The number of nitrogens with one attached hydrogen (secondary N) is 1. The third-order valence-electron chi connectivity index (χ3n) is 4.29. The van der Waals surface area contributed by atoms with Crippen molar-refractivity contribution in [3.63, 3.8) is 0 Å². The highest BCUT2D eigenvalue weighted by Crippen LogP contribution is 2.24. The van der Waals surface area contributed by atoms with Crippen LogP contribution in [0.25, 0.3) is 15.9 Å². The molecule has 0 aliphatic carbocycles. The van der Waals surface area contributed by atoms with E-state index < -0.39 is 0 Å². The molecule has 150 valence electrons. The Labute approximate surface area is 174 Å². The van der Waals surface area contributed by atoms with E-state index >= 15 is 0 Å². The zero-order valence-electron chi connectivity index (χ0n) is 15.9. The SMILES string of the molecule is COCc1nn2c(=O)cc(CSCC(=O)Nc3cccc4c3ccn4C)nc2s1. The van der Waals surface area contributed by atoms with Crippen LogP contribution in [0, 0.1) is 0 Å². The van der Waals surface area contributed by atoms with Crippen molar-refractivity contribution in [3.05, 3.63) is 57.6 Å². The van der Waals surface area contributed by atoms with Gasteiger partial charge in [0, 0.05) is 43.1 Å². The van der Waals surface area contributed by atoms with Crippen molar-refractivity contribution in [2.24, 2.45) is 7.05 Å². The van der Waals surface area contributed by atoms with Crippen LogP contribution in [-0.2, 0) is 28.9 Å². The zero-order valence-corrected chi connectivity index (χ0v) is 17.5. The molecule has 10 heteroatoms. The molecule has 0 aliphatic heterocycles. The van der Waals surface area contributed by atoms with E-state index in [4.69, 9.17) is 4.74 Å². The van der Waals surface area contributed by atoms with Crippen LogP contribution in [0.15, 0.2) is 41.3 Å². The fourth-order valence-corrected chi connectivity index (χ4v) is 4.60. The number of carbonyl (C=O) groups excluding carboxylic acids is 1. The summed E-state index contributed by atoms with van der Waals surface area (Å²) in [6.07, 6.45) is 1.97. The first-order valence-corrected chi connectivity index (χ1v) is 10.8. The molecule has 1 amide bonds. The van der Waals surface area contributed by atoms with Crippen LogP contribution in [0.5, 0.6) is 0 Å². The summed E-state index contributed by atoms with van der Waals surface area (Å²) >= 11 is 2.73. The van der Waals surface area contributed by atoms with Crippen LogP contribution in [-0.4, -0.2) is 37.9 Å². The summed E-state index contributed by atoms with van der Waals surface area (Å²) in [4.78, 5) is 29.6. The van der Waals surface area contributed by atoms with Gasteiger partial charge in [0.25, 0.3) is 5.56 Å². The number of benzene rings is 1. The van der Waals surface area contributed by atoms with E-state index in [1.54, 1.807) is 7.11 Å². The van der Waals surface area contributed by atoms with Crippen LogP contribution in [0.1, 0.15) is 10.7 Å². The second kappa shape index (κ2) is 8.36. The lowest BCUT2D eigenvalue weighted by molar-refractivity contribution is -0.113. The number of thioether (sulfide) groups is 1. The number of nitrogens with zero attached hydrogens (tertiary/aromatic N) is 4. The molecule has 0 atom stereocenters. The van der Waals surface area contributed by atoms with Gasteiger partial charge in [0.1, 0.15) is 5.01 Å². The van der Waals surface area contributed by atoms with Gasteiger partial charge in [-0.25, -0.2) is 4.98 Å². The molecule has 8 nitrogen and oxygen atoms in total. The predicted molar refractivity (Wildman–Crippen MR) is 116 cm³/mol. The first-order chi connectivity index (χ1) is 14.0. The number of fused-ring (bicyclic) bond motifs is 2. The number of carbonyl (C=O) groups is 1. The molecule has 3 heterocycles. The molecule has 0 fully saturated rings. The molecule has 29 heavy (non-hydrogen) atoms. The second-order valence-corrected chi connectivity index (χ2v) is 8.44. The number of anilines is 1. The van der Waals surface area contributed by atoms with Gasteiger partial charge in [0.05, 0.1) is 23.7 Å². The molecule has 0 spiro atoms. The summed E-state index contributed by atoms with van der Waals surface area (Å²) in [6.45, 7) is 0.339. The van der Waals surface area contributed by atoms with Crippen LogP contribution in [0.3, 0.4) is 0 Å². The van der Waals surface area contributed by atoms with Gasteiger partial charge in [-0.1, -0.05) is 17.4 Å². The van der Waals surface area contributed by atoms with Crippen LogP contribution >= 0.6 is 23.1 Å². The average Bonchev–Trinajstić information content (AvgIpc) is 3.27. The molecule has 0 radical (unpaired) electrons. The summed E-state index contributed by atoms with van der Waals surface area (Å²) in [5.41, 5.74) is 2.25. The van der Waals surface area contributed by atoms with Gasteiger partial charge in [-0.2, -0.15) is 9.61 Å². The maximum atomic E-state index is 12.4. The van der Waals surface area contributed by atoms with Gasteiger partial charge < -0.3 is 14.6 Å². The van der Waals surface area contributed by atoms with Crippen molar-refractivity contribution in [1.82, 2.24) is 19.2 Å². The average molecular weight is 430 g/mol. The normalized spacial score (nSPS) is 11.4. The van der Waals surface area contributed by atoms with Crippen LogP contribution in [0.4, 0.5) is 5.69 Å². The van der Waals surface area contributed by atoms with Gasteiger partial charge in [-0.15, -0.1) is 11.8 Å². The highest BCUT2D eigenvalue weighted by atomic mass is 32.2. The van der Waals surface area contributed by atoms with Gasteiger partial charge in [-0.05, 0) is 18.2 Å². The van der Waals surface area contributed by atoms with Crippen molar-refractivity contribution >= 4 is 50.6 Å². The van der Waals surface area contributed by atoms with Crippen molar-refractivity contribution in [3.8, 4) is 0 Å². The fourth-order valence-electron chi connectivity index (χ4n) is 3.00. The smallest absolute Gasteiger partial charge is 0.275 e. The summed E-state index contributed by atoms with van der Waals surface area (Å²) in [5.74, 6) is 0.637. The number of hydrogen-bond acceptors (Lipinski definition) is 7. The largest absolute Gasteiger partial charge is 0.377 e. The molecule has 4 aromatic rings. The van der Waals surface area contributed by atoms with Crippen LogP contribution < -0.4 is 10.9 Å². The minimum absolute atomic E-state index is 0.0932. The van der Waals surface area contributed by atoms with Crippen molar-refractivity contribution < 1.29 is 9.53 Å². The first kappa shape index (κ1) is 19.6. The number of methoxy groups -OCH3 is 1. The van der Waals surface area contributed by atoms with Crippen molar-refractivity contribution in [2.45, 2.75) is 12.4 Å². The summed E-state index contributed by atoms with van der Waals surface area (Å²) in [6, 6.07) is 9.27. The number of aromatic nitrogens is 4. The van der Waals surface area contributed by atoms with Crippen LogP contribution in [0.2, 0.25) is 0 Å². The van der Waals surface area contributed by atoms with Gasteiger partial charge >= 0.3 is 0 Å². The first-order valence-electron chi connectivity index (χ1n) is 8.84. The second-order valence-electron chi connectivity index (χ2n) is 6.41. The monoisotopic (exact) mass is 429 g/mol. The van der Waals surface area contributed by atoms with E-state index in [0.29, 0.717) is 28.0 Å². The molecule has 0 saturated heterocycles. The Bertz CT molecular complexity index is 1240. The van der Waals surface area contributed by atoms with E-state index in [0.717, 1.165) is 16.6 Å². The van der Waals surface area contributed by atoms with Gasteiger partial charge in [0.2, 0.25) is 10.9 Å². The van der Waals surface area contributed by atoms with Crippen molar-refractivity contribution in [1.29, 1.82) is 0 Å². The maximum Gasteiger partial charge on any atom is 0.275 e. The Balaban J connectivity index is 1.39. The van der Waals surface area contributed by atoms with E-state index in [9.17, 15) is 9.59 Å². The van der Waals surface area contributed by atoms with Gasteiger partial charge in [-0.3, -0.25) is 9.59 Å². The Morgan fingerprint density at radius 1 is 1.34 bits per heavy atom. The minimum Gasteiger partial charge on any atom is -0.377 e.